The molecule has 1 aromatic heterocycles. The smallest absolute Gasteiger partial charge is 0.250 e. The molecule has 2 N–H and O–H groups in total. The van der Waals surface area contributed by atoms with E-state index in [9.17, 15) is 4.79 Å². The largest absolute Gasteiger partial charge is 0.366 e. The lowest BCUT2D eigenvalue weighted by Gasteiger charge is -2.20. The maximum atomic E-state index is 11.5. The van der Waals surface area contributed by atoms with E-state index in [-0.39, 0.29) is 0 Å². The second-order valence-electron chi connectivity index (χ2n) is 5.31. The van der Waals surface area contributed by atoms with Crippen LogP contribution < -0.4 is 10.6 Å². The van der Waals surface area contributed by atoms with Crippen LogP contribution in [0.25, 0.3) is 10.2 Å². The minimum Gasteiger partial charge on any atom is -0.366 e. The van der Waals surface area contributed by atoms with Crippen LogP contribution in [0.4, 0.5) is 5.13 Å². The number of carbonyl (C=O) groups is 1. The molecular formula is C16H24N4OS. The van der Waals surface area contributed by atoms with Gasteiger partial charge < -0.3 is 15.5 Å². The van der Waals surface area contributed by atoms with Crippen LogP contribution in [-0.4, -0.2) is 49.0 Å². The number of thiazole rings is 1. The molecule has 2 aromatic rings. The van der Waals surface area contributed by atoms with Gasteiger partial charge in [0, 0.05) is 13.6 Å². The van der Waals surface area contributed by atoms with Crippen LogP contribution >= 0.6 is 11.3 Å². The van der Waals surface area contributed by atoms with E-state index < -0.39 is 5.91 Å². The Morgan fingerprint density at radius 2 is 2.00 bits per heavy atom. The van der Waals surface area contributed by atoms with Gasteiger partial charge in [-0.2, -0.15) is 0 Å². The number of para-hydroxylation sites is 1. The average Bonchev–Trinajstić information content (AvgIpc) is 2.95. The lowest BCUT2D eigenvalue weighted by Crippen LogP contribution is -2.28. The number of hydrogen-bond donors (Lipinski definition) is 1. The van der Waals surface area contributed by atoms with Crippen molar-refractivity contribution in [3.8, 4) is 0 Å². The van der Waals surface area contributed by atoms with E-state index >= 15 is 0 Å². The third-order valence-electron chi connectivity index (χ3n) is 3.86. The summed E-state index contributed by atoms with van der Waals surface area (Å²) < 4.78 is 1.00. The molecule has 1 aromatic carbocycles. The van der Waals surface area contributed by atoms with E-state index in [4.69, 9.17) is 5.73 Å². The van der Waals surface area contributed by atoms with Crippen molar-refractivity contribution in [1.82, 2.24) is 9.88 Å². The van der Waals surface area contributed by atoms with Crippen molar-refractivity contribution in [3.05, 3.63) is 23.8 Å². The molecule has 0 bridgehead atoms. The van der Waals surface area contributed by atoms with Gasteiger partial charge in [-0.15, -0.1) is 0 Å². The number of anilines is 1. The molecule has 0 fully saturated rings. The van der Waals surface area contributed by atoms with Crippen molar-refractivity contribution in [2.24, 2.45) is 5.73 Å². The highest BCUT2D eigenvalue weighted by molar-refractivity contribution is 7.22. The van der Waals surface area contributed by atoms with Gasteiger partial charge >= 0.3 is 0 Å². The summed E-state index contributed by atoms with van der Waals surface area (Å²) in [6.07, 6.45) is 1.09. The summed E-state index contributed by atoms with van der Waals surface area (Å²) in [4.78, 5) is 20.6. The van der Waals surface area contributed by atoms with Gasteiger partial charge in [-0.3, -0.25) is 4.79 Å². The zero-order valence-corrected chi connectivity index (χ0v) is 14.3. The third kappa shape index (κ3) is 3.75. The van der Waals surface area contributed by atoms with Crippen LogP contribution in [0.3, 0.4) is 0 Å². The summed E-state index contributed by atoms with van der Waals surface area (Å²) in [7, 11) is 2.05. The first-order valence-corrected chi connectivity index (χ1v) is 8.51. The molecule has 2 rings (SSSR count). The number of aromatic nitrogens is 1. The standard InChI is InChI=1S/C16H24N4OS/c1-4-20(5-2)11-7-10-19(3)16-18-14-12(15(17)21)8-6-9-13(14)22-16/h6,8-9H,4-5,7,10-11H2,1-3H3,(H2,17,21). The fourth-order valence-corrected chi connectivity index (χ4v) is 3.45. The topological polar surface area (TPSA) is 62.5 Å². The molecule has 0 saturated heterocycles. The van der Waals surface area contributed by atoms with Crippen molar-refractivity contribution >= 4 is 32.6 Å². The Labute approximate surface area is 135 Å². The van der Waals surface area contributed by atoms with Crippen LogP contribution in [0.2, 0.25) is 0 Å². The second-order valence-corrected chi connectivity index (χ2v) is 6.32. The molecule has 0 aliphatic carbocycles. The Bertz CT molecular complexity index is 636. The van der Waals surface area contributed by atoms with Gasteiger partial charge in [-0.25, -0.2) is 4.98 Å². The molecule has 6 heteroatoms. The minimum atomic E-state index is -0.424. The summed E-state index contributed by atoms with van der Waals surface area (Å²) in [5, 5.41) is 0.934. The summed E-state index contributed by atoms with van der Waals surface area (Å²) in [6, 6.07) is 5.56. The Balaban J connectivity index is 2.07. The number of nitrogens with zero attached hydrogens (tertiary/aromatic N) is 3. The molecule has 0 aliphatic rings. The van der Waals surface area contributed by atoms with E-state index in [1.807, 2.05) is 19.2 Å². The van der Waals surface area contributed by atoms with Gasteiger partial charge in [-0.05, 0) is 38.2 Å². The summed E-state index contributed by atoms with van der Waals surface area (Å²) in [6.45, 7) is 8.59. The van der Waals surface area contributed by atoms with Gasteiger partial charge in [0.15, 0.2) is 5.13 Å². The van der Waals surface area contributed by atoms with E-state index in [0.717, 1.165) is 42.4 Å². The second kappa shape index (κ2) is 7.56. The fourth-order valence-electron chi connectivity index (χ4n) is 2.47. The lowest BCUT2D eigenvalue weighted by atomic mass is 10.2. The maximum Gasteiger partial charge on any atom is 0.250 e. The number of fused-ring (bicyclic) bond motifs is 1. The number of carbonyl (C=O) groups excluding carboxylic acids is 1. The predicted octanol–water partition coefficient (Wildman–Crippen LogP) is 2.56. The van der Waals surface area contributed by atoms with Gasteiger partial charge in [-0.1, -0.05) is 31.3 Å². The van der Waals surface area contributed by atoms with Gasteiger partial charge in [0.1, 0.15) is 0 Å². The Kier molecular flexibility index (Phi) is 5.74. The molecule has 0 radical (unpaired) electrons. The summed E-state index contributed by atoms with van der Waals surface area (Å²) in [5.74, 6) is -0.424. The van der Waals surface area contributed by atoms with Crippen LogP contribution in [0.15, 0.2) is 18.2 Å². The van der Waals surface area contributed by atoms with Gasteiger partial charge in [0.25, 0.3) is 5.91 Å². The van der Waals surface area contributed by atoms with Crippen LogP contribution in [0.5, 0.6) is 0 Å². The molecule has 5 nitrogen and oxygen atoms in total. The van der Waals surface area contributed by atoms with Crippen LogP contribution in [0.1, 0.15) is 30.6 Å². The van der Waals surface area contributed by atoms with Crippen LogP contribution in [-0.2, 0) is 0 Å². The van der Waals surface area contributed by atoms with Gasteiger partial charge in [0.05, 0.1) is 15.8 Å². The maximum absolute atomic E-state index is 11.5. The highest BCUT2D eigenvalue weighted by Gasteiger charge is 2.13. The number of amides is 1. The highest BCUT2D eigenvalue weighted by Crippen LogP contribution is 2.30. The molecule has 0 unspecified atom stereocenters. The van der Waals surface area contributed by atoms with E-state index in [0.29, 0.717) is 11.1 Å². The van der Waals surface area contributed by atoms with Crippen molar-refractivity contribution in [3.63, 3.8) is 0 Å². The molecule has 1 amide bonds. The zero-order chi connectivity index (χ0) is 16.1. The first kappa shape index (κ1) is 16.7. The predicted molar refractivity (Wildman–Crippen MR) is 93.8 cm³/mol. The lowest BCUT2D eigenvalue weighted by molar-refractivity contribution is 0.100. The zero-order valence-electron chi connectivity index (χ0n) is 13.5. The molecule has 22 heavy (non-hydrogen) atoms. The highest BCUT2D eigenvalue weighted by atomic mass is 32.1. The molecule has 0 aliphatic heterocycles. The number of primary amides is 1. The molecule has 0 atom stereocenters. The number of benzene rings is 1. The molecule has 0 spiro atoms. The van der Waals surface area contributed by atoms with Crippen molar-refractivity contribution in [2.45, 2.75) is 20.3 Å². The monoisotopic (exact) mass is 320 g/mol. The van der Waals surface area contributed by atoms with Crippen molar-refractivity contribution in [2.75, 3.05) is 38.1 Å². The Morgan fingerprint density at radius 1 is 1.27 bits per heavy atom. The van der Waals surface area contributed by atoms with Crippen molar-refractivity contribution < 1.29 is 4.79 Å². The summed E-state index contributed by atoms with van der Waals surface area (Å²) >= 11 is 1.60. The fraction of sp³-hybridized carbons (Fsp3) is 0.500. The SMILES string of the molecule is CCN(CC)CCCN(C)c1nc2c(C(N)=O)cccc2s1. The Morgan fingerprint density at radius 3 is 2.64 bits per heavy atom. The quantitative estimate of drug-likeness (QED) is 0.812. The average molecular weight is 320 g/mol. The number of hydrogen-bond acceptors (Lipinski definition) is 5. The molecular weight excluding hydrogens is 296 g/mol. The molecule has 1 heterocycles. The van der Waals surface area contributed by atoms with E-state index in [2.05, 4.69) is 28.6 Å². The third-order valence-corrected chi connectivity index (χ3v) is 5.00. The number of rotatable bonds is 8. The first-order chi connectivity index (χ1) is 10.6. The normalized spacial score (nSPS) is 11.3. The minimum absolute atomic E-state index is 0.424. The Hall–Kier alpha value is -1.66. The number of nitrogens with two attached hydrogens (primary N) is 1. The van der Waals surface area contributed by atoms with E-state index in [1.165, 1.54) is 0 Å². The van der Waals surface area contributed by atoms with E-state index in [1.54, 1.807) is 17.4 Å². The van der Waals surface area contributed by atoms with Gasteiger partial charge in [0.2, 0.25) is 0 Å². The summed E-state index contributed by atoms with van der Waals surface area (Å²) in [5.41, 5.74) is 6.63. The van der Waals surface area contributed by atoms with Crippen molar-refractivity contribution in [1.29, 1.82) is 0 Å². The first-order valence-electron chi connectivity index (χ1n) is 7.69. The van der Waals surface area contributed by atoms with Crippen LogP contribution in [0, 0.1) is 0 Å². The molecule has 120 valence electrons. The molecule has 0 saturated carbocycles.